The lowest BCUT2D eigenvalue weighted by Crippen LogP contribution is -2.40. The number of halogens is 4. The van der Waals surface area contributed by atoms with E-state index in [2.05, 4.69) is 11.9 Å². The summed E-state index contributed by atoms with van der Waals surface area (Å²) in [5, 5.41) is 2.45. The summed E-state index contributed by atoms with van der Waals surface area (Å²) < 4.78 is 51.9. The van der Waals surface area contributed by atoms with Crippen molar-refractivity contribution >= 4 is 17.5 Å². The molecule has 2 rings (SSSR count). The second-order valence-electron chi connectivity index (χ2n) is 5.94. The van der Waals surface area contributed by atoms with E-state index in [1.165, 1.54) is 13.0 Å². The summed E-state index contributed by atoms with van der Waals surface area (Å²) in [6, 6.07) is 1.36. The molecule has 0 aromatic heterocycles. The molecule has 2 amide bonds. The van der Waals surface area contributed by atoms with E-state index < -0.39 is 29.4 Å². The van der Waals surface area contributed by atoms with Crippen molar-refractivity contribution in [1.29, 1.82) is 0 Å². The molecule has 0 spiro atoms. The largest absolute Gasteiger partial charge is 0.419 e. The highest BCUT2D eigenvalue weighted by Crippen LogP contribution is 2.34. The average Bonchev–Trinajstić information content (AvgIpc) is 2.55. The van der Waals surface area contributed by atoms with Crippen LogP contribution in [0.15, 0.2) is 24.8 Å². The van der Waals surface area contributed by atoms with Gasteiger partial charge in [0, 0.05) is 24.7 Å². The monoisotopic (exact) mass is 358 g/mol. The predicted molar refractivity (Wildman–Crippen MR) is 84.3 cm³/mol. The van der Waals surface area contributed by atoms with Gasteiger partial charge in [-0.15, -0.1) is 0 Å². The number of amides is 2. The summed E-state index contributed by atoms with van der Waals surface area (Å²) in [4.78, 5) is 25.4. The van der Waals surface area contributed by atoms with Crippen molar-refractivity contribution in [3.63, 3.8) is 0 Å². The topological polar surface area (TPSA) is 49.4 Å². The van der Waals surface area contributed by atoms with Crippen molar-refractivity contribution in [2.45, 2.75) is 25.9 Å². The van der Waals surface area contributed by atoms with Crippen LogP contribution >= 0.6 is 0 Å². The first kappa shape index (κ1) is 19.0. The van der Waals surface area contributed by atoms with Gasteiger partial charge in [-0.25, -0.2) is 4.39 Å². The van der Waals surface area contributed by atoms with Gasteiger partial charge >= 0.3 is 6.18 Å². The highest BCUT2D eigenvalue weighted by atomic mass is 19.4. The van der Waals surface area contributed by atoms with Crippen LogP contribution < -0.4 is 5.32 Å². The third kappa shape index (κ3) is 4.37. The number of nitrogens with one attached hydrogen (secondary N) is 1. The van der Waals surface area contributed by atoms with Crippen molar-refractivity contribution in [2.75, 3.05) is 18.4 Å². The molecule has 0 aliphatic carbocycles. The van der Waals surface area contributed by atoms with Gasteiger partial charge in [0.2, 0.25) is 11.8 Å². The minimum absolute atomic E-state index is 0.0664. The summed E-state index contributed by atoms with van der Waals surface area (Å²) >= 11 is 0. The summed E-state index contributed by atoms with van der Waals surface area (Å²) in [7, 11) is 0. The van der Waals surface area contributed by atoms with Gasteiger partial charge in [-0.1, -0.05) is 6.58 Å². The van der Waals surface area contributed by atoms with Gasteiger partial charge in [0.15, 0.2) is 0 Å². The average molecular weight is 358 g/mol. The van der Waals surface area contributed by atoms with Crippen molar-refractivity contribution in [3.05, 3.63) is 41.7 Å². The van der Waals surface area contributed by atoms with Crippen LogP contribution in [0.2, 0.25) is 0 Å². The number of nitrogens with zero attached hydrogens (tertiary/aromatic N) is 1. The predicted octanol–water partition coefficient (Wildman–Crippen LogP) is 3.52. The van der Waals surface area contributed by atoms with E-state index in [9.17, 15) is 27.2 Å². The summed E-state index contributed by atoms with van der Waals surface area (Å²) in [6.07, 6.45) is -2.84. The summed E-state index contributed by atoms with van der Waals surface area (Å²) in [5.41, 5.74) is -1.28. The van der Waals surface area contributed by atoms with Crippen molar-refractivity contribution in [2.24, 2.45) is 5.92 Å². The van der Waals surface area contributed by atoms with Crippen molar-refractivity contribution in [1.82, 2.24) is 4.90 Å². The Hall–Kier alpha value is -2.38. The third-order valence-electron chi connectivity index (χ3n) is 4.23. The number of alkyl halides is 3. The number of hydrogen-bond donors (Lipinski definition) is 1. The number of likely N-dealkylation sites (tertiary alicyclic amines) is 1. The van der Waals surface area contributed by atoms with Gasteiger partial charge in [0.25, 0.3) is 0 Å². The zero-order valence-electron chi connectivity index (χ0n) is 13.6. The normalized spacial score (nSPS) is 15.8. The Labute approximate surface area is 142 Å². The second-order valence-corrected chi connectivity index (χ2v) is 5.94. The number of aryl methyl sites for hydroxylation is 1. The molecular formula is C17H18F4N2O2. The highest BCUT2D eigenvalue weighted by Gasteiger charge is 2.35. The standard InChI is InChI=1S/C17H18F4N2O2/c1-3-15(24)23-6-4-11(5-7-23)16(25)22-14-9-12(17(19,20)21)13(18)8-10(14)2/h3,8-9,11H,1,4-7H2,2H3,(H,22,25). The minimum atomic E-state index is -4.84. The van der Waals surface area contributed by atoms with E-state index in [1.54, 1.807) is 4.90 Å². The zero-order valence-corrected chi connectivity index (χ0v) is 13.6. The lowest BCUT2D eigenvalue weighted by molar-refractivity contribution is -0.140. The smallest absolute Gasteiger partial charge is 0.339 e. The van der Waals surface area contributed by atoms with Gasteiger partial charge in [-0.3, -0.25) is 9.59 Å². The molecule has 1 fully saturated rings. The Kier molecular flexibility index (Phi) is 5.49. The van der Waals surface area contributed by atoms with Crippen LogP contribution in [0.4, 0.5) is 23.2 Å². The zero-order chi connectivity index (χ0) is 18.8. The van der Waals surface area contributed by atoms with Crippen LogP contribution in [0.25, 0.3) is 0 Å². The molecule has 0 saturated carbocycles. The maximum Gasteiger partial charge on any atom is 0.419 e. The Balaban J connectivity index is 2.09. The van der Waals surface area contributed by atoms with E-state index >= 15 is 0 Å². The fourth-order valence-corrected chi connectivity index (χ4v) is 2.75. The lowest BCUT2D eigenvalue weighted by atomic mass is 9.95. The quantitative estimate of drug-likeness (QED) is 0.664. The second kappa shape index (κ2) is 7.25. The molecule has 136 valence electrons. The lowest BCUT2D eigenvalue weighted by Gasteiger charge is -2.30. The number of carbonyl (C=O) groups excluding carboxylic acids is 2. The Morgan fingerprint density at radius 3 is 2.40 bits per heavy atom. The molecule has 0 radical (unpaired) electrons. The first-order valence-electron chi connectivity index (χ1n) is 7.73. The fourth-order valence-electron chi connectivity index (χ4n) is 2.75. The highest BCUT2D eigenvalue weighted by molar-refractivity contribution is 5.94. The molecule has 1 saturated heterocycles. The first-order valence-corrected chi connectivity index (χ1v) is 7.73. The van der Waals surface area contributed by atoms with Crippen LogP contribution in [0.3, 0.4) is 0 Å². The van der Waals surface area contributed by atoms with Crippen LogP contribution in [0, 0.1) is 18.7 Å². The maximum absolute atomic E-state index is 13.5. The molecule has 0 bridgehead atoms. The fraction of sp³-hybridized carbons (Fsp3) is 0.412. The minimum Gasteiger partial charge on any atom is -0.339 e. The van der Waals surface area contributed by atoms with Gasteiger partial charge in [-0.2, -0.15) is 13.2 Å². The van der Waals surface area contributed by atoms with E-state index in [0.717, 1.165) is 6.07 Å². The SMILES string of the molecule is C=CC(=O)N1CCC(C(=O)Nc2cc(C(F)(F)F)c(F)cc2C)CC1. The summed E-state index contributed by atoms with van der Waals surface area (Å²) in [5.74, 6) is -2.46. The number of piperidine rings is 1. The van der Waals surface area contributed by atoms with E-state index in [-0.39, 0.29) is 17.2 Å². The van der Waals surface area contributed by atoms with E-state index in [1.807, 2.05) is 0 Å². The molecule has 1 aromatic carbocycles. The molecule has 4 nitrogen and oxygen atoms in total. The molecule has 8 heteroatoms. The van der Waals surface area contributed by atoms with E-state index in [0.29, 0.717) is 32.0 Å². The number of rotatable bonds is 3. The molecule has 0 atom stereocenters. The number of benzene rings is 1. The van der Waals surface area contributed by atoms with Crippen LogP contribution in [-0.2, 0) is 15.8 Å². The molecule has 1 aliphatic heterocycles. The number of carbonyl (C=O) groups is 2. The number of hydrogen-bond acceptors (Lipinski definition) is 2. The van der Waals surface area contributed by atoms with Crippen molar-refractivity contribution in [3.8, 4) is 0 Å². The van der Waals surface area contributed by atoms with Gasteiger partial charge in [0.1, 0.15) is 5.82 Å². The van der Waals surface area contributed by atoms with Crippen molar-refractivity contribution < 1.29 is 27.2 Å². The molecule has 0 unspecified atom stereocenters. The number of anilines is 1. The van der Waals surface area contributed by atoms with Gasteiger partial charge in [-0.05, 0) is 43.5 Å². The maximum atomic E-state index is 13.5. The molecule has 1 heterocycles. The molecule has 25 heavy (non-hydrogen) atoms. The van der Waals surface area contributed by atoms with E-state index in [4.69, 9.17) is 0 Å². The van der Waals surface area contributed by atoms with Crippen LogP contribution in [0.5, 0.6) is 0 Å². The summed E-state index contributed by atoms with van der Waals surface area (Å²) in [6.45, 7) is 5.57. The van der Waals surface area contributed by atoms with Gasteiger partial charge < -0.3 is 10.2 Å². The Morgan fingerprint density at radius 1 is 1.28 bits per heavy atom. The molecular weight excluding hydrogens is 340 g/mol. The third-order valence-corrected chi connectivity index (χ3v) is 4.23. The molecule has 1 aromatic rings. The molecule has 1 N–H and O–H groups in total. The Morgan fingerprint density at radius 2 is 1.88 bits per heavy atom. The van der Waals surface area contributed by atoms with Gasteiger partial charge in [0.05, 0.1) is 5.56 Å². The molecule has 1 aliphatic rings. The van der Waals surface area contributed by atoms with Crippen LogP contribution in [-0.4, -0.2) is 29.8 Å². The first-order chi connectivity index (χ1) is 11.6. The van der Waals surface area contributed by atoms with Crippen LogP contribution in [0.1, 0.15) is 24.0 Å². The Bertz CT molecular complexity index is 693.